The SMILES string of the molecule is CCCc1cc(C)[nH]c(=O)c1CNC(=O)c1cc(-c2ccnc(N3CCN(C)CC3)c2)cc2c1cnn2C(C)C.Cc1cc(C)c(CNC(=O)c2cc(-c3ccc(CN4CCOCC4)cc3)cc3c2cnn3C)c(=O)[nH]1.Cc1cc(C)c(CNC(=O)c2cc(-c3ccc(N4CCN(C)CC4)nc3)cc3c2c(C)cn3C(C)C)c(=O)[nH]1.Nc1nccc2c1ncn2[C@@H]1C=C(CO)[C@@H](O)[C@H]1O. The van der Waals surface area contributed by atoms with Crippen LogP contribution in [0, 0.1) is 41.5 Å². The lowest BCUT2D eigenvalue weighted by molar-refractivity contribution is 0.0288. The van der Waals surface area contributed by atoms with Crippen LogP contribution >= 0.6 is 0 Å². The number of nitrogens with two attached hydrogens (primary N) is 1. The summed E-state index contributed by atoms with van der Waals surface area (Å²) in [6, 6.07) is 36.3. The van der Waals surface area contributed by atoms with E-state index in [1.54, 1.807) is 46.3 Å². The van der Waals surface area contributed by atoms with Crippen LogP contribution in [0.2, 0.25) is 0 Å². The second kappa shape index (κ2) is 41.7. The molecule has 13 heterocycles. The van der Waals surface area contributed by atoms with E-state index in [1.807, 2.05) is 108 Å². The zero-order chi connectivity index (χ0) is 95.0. The maximum atomic E-state index is 13.7. The number of aryl methyl sites for hydroxylation is 8. The number of aliphatic hydroxyl groups is 3. The summed E-state index contributed by atoms with van der Waals surface area (Å²) in [7, 11) is 6.15. The molecule has 10 aromatic heterocycles. The molecular formula is C102H122N22O10. The van der Waals surface area contributed by atoms with Gasteiger partial charge in [0.15, 0.2) is 5.82 Å². The third kappa shape index (κ3) is 21.2. The summed E-state index contributed by atoms with van der Waals surface area (Å²) in [5.41, 5.74) is 26.3. The van der Waals surface area contributed by atoms with Gasteiger partial charge in [-0.2, -0.15) is 10.2 Å². The van der Waals surface area contributed by atoms with E-state index in [0.717, 1.165) is 221 Å². The van der Waals surface area contributed by atoms with E-state index < -0.39 is 18.2 Å². The molecule has 3 fully saturated rings. The standard InChI is InChI=1S/C31H39N7O2.C31H38N6O2.C28H31N5O3.C12H14N4O3/c1-6-7-23-14-21(4)35-31(40)26(23)18-33-30(39)25-15-24(16-28-27(25)19-34-38(28)20(2)3)22-8-9-32-29(17-22)37-12-10-36(5)11-13-37;1-19(2)37-18-21(4)29-25(30(38)33-17-26-20(3)13-22(5)34-31(26)39)14-24(15-27(29)37)23-7-8-28(32-16-23)36-11-9-35(6)10-12-36;1-18-12-19(2)31-28(35)24(18)15-29-27(34)23-13-22(14-26-25(23)16-30-32(26)3)21-6-4-20(5-7-21)17-33-8-10-36-11-9-33;13-12-9-7(1-2-14-12)16(5-15-9)8-3-6(4-17)10(18)11(8)19/h8-9,14-17,19-20H,6-7,10-13,18H2,1-5H3,(H,33,39)(H,35,40);7-8,13-16,18-19H,9-12,17H2,1-6H3,(H,33,38)(H,34,39);4-7,12-14,16H,8-11,15,17H2,1-3H3,(H,29,34)(H,31,35);1-3,5,8,10-11,17-19H,4H2,(H2,13,14)/t;;;8-,10-,11+/m...1/s1. The fourth-order valence-corrected chi connectivity index (χ4v) is 18.2. The molecule has 3 saturated heterocycles. The van der Waals surface area contributed by atoms with Crippen molar-refractivity contribution in [2.45, 2.75) is 146 Å². The number of likely N-dealkylation sites (N-methyl/N-ethyl adjacent to an activating group) is 2. The van der Waals surface area contributed by atoms with Gasteiger partial charge in [0.2, 0.25) is 0 Å². The largest absolute Gasteiger partial charge is 0.392 e. The third-order valence-electron chi connectivity index (χ3n) is 25.7. The molecule has 3 amide bonds. The number of hydrogen-bond donors (Lipinski definition) is 10. The Kier molecular flexibility index (Phi) is 29.6. The lowest BCUT2D eigenvalue weighted by Crippen LogP contribution is -2.44. The number of carbonyl (C=O) groups is 3. The number of amides is 3. The molecule has 32 nitrogen and oxygen atoms in total. The minimum absolute atomic E-state index is 0.129. The smallest absolute Gasteiger partial charge is 0.253 e. The quantitative estimate of drug-likeness (QED) is 0.0282. The van der Waals surface area contributed by atoms with Gasteiger partial charge in [-0.25, -0.2) is 19.9 Å². The minimum Gasteiger partial charge on any atom is -0.392 e. The van der Waals surface area contributed by atoms with E-state index in [2.05, 4.69) is 201 Å². The number of aromatic amines is 3. The number of carbonyl (C=O) groups excluding carboxylic acids is 3. The molecule has 3 aliphatic heterocycles. The topological polar surface area (TPSA) is 395 Å². The highest BCUT2D eigenvalue weighted by Crippen LogP contribution is 2.38. The van der Waals surface area contributed by atoms with Crippen molar-refractivity contribution in [1.29, 1.82) is 0 Å². The van der Waals surface area contributed by atoms with Gasteiger partial charge in [-0.15, -0.1) is 0 Å². The molecule has 700 valence electrons. The molecule has 1 aliphatic carbocycles. The van der Waals surface area contributed by atoms with Gasteiger partial charge < -0.3 is 85.4 Å². The summed E-state index contributed by atoms with van der Waals surface area (Å²) in [4.78, 5) is 116. The van der Waals surface area contributed by atoms with E-state index in [9.17, 15) is 39.0 Å². The van der Waals surface area contributed by atoms with Crippen LogP contribution in [-0.4, -0.2) is 223 Å². The number of nitrogens with one attached hydrogen (secondary N) is 6. The summed E-state index contributed by atoms with van der Waals surface area (Å²) in [5.74, 6) is 1.56. The van der Waals surface area contributed by atoms with Gasteiger partial charge >= 0.3 is 0 Å². The molecule has 14 aromatic rings. The number of nitrogens with zero attached hydrogens (tertiary/aromatic N) is 15. The van der Waals surface area contributed by atoms with Crippen molar-refractivity contribution >= 4 is 78.9 Å². The fourth-order valence-electron chi connectivity index (χ4n) is 18.2. The van der Waals surface area contributed by atoms with Crippen molar-refractivity contribution in [3.63, 3.8) is 0 Å². The van der Waals surface area contributed by atoms with Crippen molar-refractivity contribution in [2.24, 2.45) is 7.05 Å². The van der Waals surface area contributed by atoms with Gasteiger partial charge in [0.1, 0.15) is 29.4 Å². The summed E-state index contributed by atoms with van der Waals surface area (Å²) >= 11 is 0. The summed E-state index contributed by atoms with van der Waals surface area (Å²) < 4.78 is 13.1. The van der Waals surface area contributed by atoms with Gasteiger partial charge in [0.05, 0.1) is 72.3 Å². The number of aliphatic hydroxyl groups excluding tert-OH is 3. The van der Waals surface area contributed by atoms with Gasteiger partial charge in [0.25, 0.3) is 34.4 Å². The number of morpholine rings is 1. The van der Waals surface area contributed by atoms with Crippen LogP contribution in [0.15, 0.2) is 179 Å². The van der Waals surface area contributed by atoms with Gasteiger partial charge in [-0.1, -0.05) is 43.7 Å². The maximum Gasteiger partial charge on any atom is 0.253 e. The van der Waals surface area contributed by atoms with Crippen molar-refractivity contribution < 1.29 is 34.4 Å². The van der Waals surface area contributed by atoms with Crippen LogP contribution in [0.1, 0.15) is 152 Å². The van der Waals surface area contributed by atoms with Crippen molar-refractivity contribution in [2.75, 3.05) is 115 Å². The molecule has 0 radical (unpaired) electrons. The second-order valence-corrected chi connectivity index (χ2v) is 36.1. The van der Waals surface area contributed by atoms with Crippen molar-refractivity contribution in [1.82, 2.24) is 94.2 Å². The average molecular weight is 1820 g/mol. The molecule has 0 saturated carbocycles. The number of pyridine rings is 6. The molecule has 0 unspecified atom stereocenters. The number of aromatic nitrogens is 13. The first-order valence-electron chi connectivity index (χ1n) is 45.9. The Balaban J connectivity index is 0.000000140. The number of H-pyrrole nitrogens is 3. The number of fused-ring (bicyclic) bond motifs is 4. The van der Waals surface area contributed by atoms with Gasteiger partial charge in [-0.3, -0.25) is 43.0 Å². The molecule has 3 atom stereocenters. The Morgan fingerprint density at radius 1 is 0.530 bits per heavy atom. The van der Waals surface area contributed by atoms with Crippen LogP contribution in [0.25, 0.3) is 77.1 Å². The molecule has 0 spiro atoms. The number of anilines is 3. The Labute approximate surface area is 778 Å². The highest BCUT2D eigenvalue weighted by atomic mass is 16.5. The number of piperazine rings is 2. The van der Waals surface area contributed by atoms with E-state index in [-0.39, 0.29) is 72.7 Å². The average Bonchev–Trinajstić information content (AvgIpc) is 1.60. The first-order chi connectivity index (χ1) is 64.4. The number of imidazole rings is 1. The fraction of sp³-hybridized carbons (Fsp3) is 0.373. The van der Waals surface area contributed by atoms with E-state index in [1.165, 1.54) is 5.56 Å². The number of ether oxygens (including phenoxy) is 1. The Hall–Kier alpha value is -13.6. The molecule has 4 aromatic carbocycles. The minimum atomic E-state index is -1.06. The normalized spacial score (nSPS) is 16.1. The molecule has 11 N–H and O–H groups in total. The Bertz CT molecular complexity index is 6860. The third-order valence-corrected chi connectivity index (χ3v) is 25.7. The molecule has 134 heavy (non-hydrogen) atoms. The highest BCUT2D eigenvalue weighted by molar-refractivity contribution is 6.11. The van der Waals surface area contributed by atoms with E-state index >= 15 is 0 Å². The van der Waals surface area contributed by atoms with Crippen molar-refractivity contribution in [3.05, 3.63) is 274 Å². The van der Waals surface area contributed by atoms with Crippen LogP contribution in [0.4, 0.5) is 17.5 Å². The lowest BCUT2D eigenvalue weighted by Gasteiger charge is -2.33. The summed E-state index contributed by atoms with van der Waals surface area (Å²) in [6.45, 7) is 34.3. The zero-order valence-electron chi connectivity index (χ0n) is 78.8. The van der Waals surface area contributed by atoms with Crippen LogP contribution in [0.5, 0.6) is 0 Å². The predicted octanol–water partition coefficient (Wildman–Crippen LogP) is 11.4. The molecular weight excluding hydrogens is 1690 g/mol. The molecule has 18 rings (SSSR count). The summed E-state index contributed by atoms with van der Waals surface area (Å²) in [5, 5.41) is 49.4. The van der Waals surface area contributed by atoms with Gasteiger partial charge in [-0.05, 0) is 236 Å². The first kappa shape index (κ1) is 95.0. The number of rotatable bonds is 22. The molecule has 4 aliphatic rings. The number of benzene rings is 4. The van der Waals surface area contributed by atoms with Crippen LogP contribution in [-0.2, 0) is 44.4 Å². The van der Waals surface area contributed by atoms with E-state index in [4.69, 9.17) is 20.6 Å². The van der Waals surface area contributed by atoms with E-state index in [0.29, 0.717) is 50.3 Å². The Morgan fingerprint density at radius 2 is 1.07 bits per heavy atom. The number of nitrogen functional groups attached to an aromatic ring is 1. The van der Waals surface area contributed by atoms with Crippen molar-refractivity contribution in [3.8, 4) is 33.4 Å². The second-order valence-electron chi connectivity index (χ2n) is 36.1. The molecule has 0 bridgehead atoms. The summed E-state index contributed by atoms with van der Waals surface area (Å²) in [6.07, 6.45) is 13.7. The first-order valence-corrected chi connectivity index (χ1v) is 45.9. The monoisotopic (exact) mass is 1810 g/mol. The lowest BCUT2D eigenvalue weighted by atomic mass is 9.98. The highest BCUT2D eigenvalue weighted by Gasteiger charge is 2.36. The maximum absolute atomic E-state index is 13.7. The number of hydrogen-bond acceptors (Lipinski definition) is 22. The van der Waals surface area contributed by atoms with Gasteiger partial charge in [0, 0.05) is 202 Å². The molecule has 32 heteroatoms. The zero-order valence-corrected chi connectivity index (χ0v) is 78.8. The predicted molar refractivity (Wildman–Crippen MR) is 526 cm³/mol. The van der Waals surface area contributed by atoms with Crippen LogP contribution in [0.3, 0.4) is 0 Å². The van der Waals surface area contributed by atoms with Crippen LogP contribution < -0.4 is 48.2 Å². The Morgan fingerprint density at radius 3 is 1.65 bits per heavy atom.